The number of fused-ring (bicyclic) bond motifs is 1. The lowest BCUT2D eigenvalue weighted by Crippen LogP contribution is -2.44. The second kappa shape index (κ2) is 7.54. The lowest BCUT2D eigenvalue weighted by atomic mass is 10.0. The van der Waals surface area contributed by atoms with E-state index in [1.807, 2.05) is 7.05 Å². The quantitative estimate of drug-likeness (QED) is 0.829. The Morgan fingerprint density at radius 1 is 1.23 bits per heavy atom. The molecule has 1 aromatic rings. The number of carbonyl (C=O) groups is 2. The summed E-state index contributed by atoms with van der Waals surface area (Å²) in [5, 5.41) is 3.21. The summed E-state index contributed by atoms with van der Waals surface area (Å²) in [6.45, 7) is 4.56. The summed E-state index contributed by atoms with van der Waals surface area (Å²) in [5.74, 6) is -0.721. The Bertz CT molecular complexity index is 817. The van der Waals surface area contributed by atoms with E-state index in [1.54, 1.807) is 24.8 Å². The average molecular weight is 402 g/mol. The molecule has 0 atom stereocenters. The summed E-state index contributed by atoms with van der Waals surface area (Å²) in [4.78, 5) is 26.7. The first kappa shape index (κ1) is 20.7. The number of nitrogens with zero attached hydrogens (tertiary/aromatic N) is 2. The van der Waals surface area contributed by atoms with Crippen LogP contribution in [-0.4, -0.2) is 61.7 Å². The zero-order chi connectivity index (χ0) is 18.4. The van der Waals surface area contributed by atoms with E-state index in [0.29, 0.717) is 24.7 Å². The Balaban J connectivity index is 0.00000243. The molecule has 0 radical (unpaired) electrons. The van der Waals surface area contributed by atoms with Gasteiger partial charge in [0, 0.05) is 30.7 Å². The minimum atomic E-state index is -3.89. The predicted octanol–water partition coefficient (Wildman–Crippen LogP) is 1.49. The Morgan fingerprint density at radius 3 is 2.38 bits per heavy atom. The number of hydrogen-bond acceptors (Lipinski definition) is 5. The fraction of sp³-hybridized carbons (Fsp3) is 0.529. The van der Waals surface area contributed by atoms with E-state index < -0.39 is 22.0 Å². The van der Waals surface area contributed by atoms with Crippen molar-refractivity contribution in [1.82, 2.24) is 14.5 Å². The molecule has 0 unspecified atom stereocenters. The van der Waals surface area contributed by atoms with Crippen molar-refractivity contribution in [2.45, 2.75) is 43.7 Å². The molecule has 26 heavy (non-hydrogen) atoms. The standard InChI is InChI=1S/C17H23N3O4S.ClH/c1-11(2)20-17(22)14-5-4-12(10-15(14)25(20,23)24)16(21)19-8-6-13(18-3)7-9-19;/h4-5,10-11,13,18H,6-9H2,1-3H3;1H. The van der Waals surface area contributed by atoms with E-state index in [0.717, 1.165) is 17.1 Å². The molecule has 0 bridgehead atoms. The van der Waals surface area contributed by atoms with Gasteiger partial charge in [-0.1, -0.05) is 0 Å². The smallest absolute Gasteiger partial charge is 0.269 e. The summed E-state index contributed by atoms with van der Waals surface area (Å²) in [6, 6.07) is 4.27. The fourth-order valence-electron chi connectivity index (χ4n) is 3.45. The molecule has 144 valence electrons. The molecular formula is C17H24ClN3O4S. The Hall–Kier alpha value is -1.64. The van der Waals surface area contributed by atoms with Gasteiger partial charge in [-0.2, -0.15) is 0 Å². The first-order valence-corrected chi connectivity index (χ1v) is 9.90. The van der Waals surface area contributed by atoms with Crippen LogP contribution in [0.5, 0.6) is 0 Å². The third-order valence-electron chi connectivity index (χ3n) is 4.86. The Morgan fingerprint density at radius 2 is 1.85 bits per heavy atom. The van der Waals surface area contributed by atoms with E-state index in [9.17, 15) is 18.0 Å². The van der Waals surface area contributed by atoms with Gasteiger partial charge in [0.15, 0.2) is 0 Å². The third kappa shape index (κ3) is 3.33. The number of benzene rings is 1. The van der Waals surface area contributed by atoms with Crippen LogP contribution in [0.2, 0.25) is 0 Å². The molecule has 7 nitrogen and oxygen atoms in total. The molecule has 1 saturated heterocycles. The van der Waals surface area contributed by atoms with Gasteiger partial charge in [0.05, 0.1) is 5.56 Å². The molecule has 0 aromatic heterocycles. The monoisotopic (exact) mass is 401 g/mol. The first-order chi connectivity index (χ1) is 11.8. The van der Waals surface area contributed by atoms with Gasteiger partial charge >= 0.3 is 0 Å². The van der Waals surface area contributed by atoms with Crippen molar-refractivity contribution in [1.29, 1.82) is 0 Å². The van der Waals surface area contributed by atoms with Crippen LogP contribution in [-0.2, 0) is 10.0 Å². The molecule has 0 spiro atoms. The van der Waals surface area contributed by atoms with Gasteiger partial charge in [-0.05, 0) is 51.9 Å². The van der Waals surface area contributed by atoms with Gasteiger partial charge < -0.3 is 10.2 Å². The molecule has 0 saturated carbocycles. The Kier molecular flexibility index (Phi) is 5.99. The molecule has 9 heteroatoms. The number of sulfonamides is 1. The maximum atomic E-state index is 12.7. The largest absolute Gasteiger partial charge is 0.339 e. The highest BCUT2D eigenvalue weighted by atomic mass is 35.5. The minimum absolute atomic E-state index is 0. The zero-order valence-corrected chi connectivity index (χ0v) is 16.7. The summed E-state index contributed by atoms with van der Waals surface area (Å²) in [6.07, 6.45) is 1.73. The maximum Gasteiger partial charge on any atom is 0.269 e. The molecule has 2 aliphatic rings. The topological polar surface area (TPSA) is 86.8 Å². The number of halogens is 1. The molecule has 2 heterocycles. The molecule has 1 N–H and O–H groups in total. The third-order valence-corrected chi connectivity index (χ3v) is 6.85. The number of carbonyl (C=O) groups excluding carboxylic acids is 2. The normalized spacial score (nSPS) is 19.5. The number of likely N-dealkylation sites (tertiary alicyclic amines) is 1. The van der Waals surface area contributed by atoms with Crippen LogP contribution < -0.4 is 5.32 Å². The minimum Gasteiger partial charge on any atom is -0.339 e. The van der Waals surface area contributed by atoms with E-state index in [-0.39, 0.29) is 28.8 Å². The van der Waals surface area contributed by atoms with Crippen LogP contribution >= 0.6 is 12.4 Å². The lowest BCUT2D eigenvalue weighted by Gasteiger charge is -2.31. The highest BCUT2D eigenvalue weighted by molar-refractivity contribution is 7.90. The van der Waals surface area contributed by atoms with Crippen LogP contribution in [0.25, 0.3) is 0 Å². The van der Waals surface area contributed by atoms with Gasteiger partial charge in [0.25, 0.3) is 21.8 Å². The first-order valence-electron chi connectivity index (χ1n) is 8.46. The van der Waals surface area contributed by atoms with Crippen molar-refractivity contribution in [2.75, 3.05) is 20.1 Å². The van der Waals surface area contributed by atoms with Crippen molar-refractivity contribution in [3.05, 3.63) is 29.3 Å². The summed E-state index contributed by atoms with van der Waals surface area (Å²) < 4.78 is 26.2. The van der Waals surface area contributed by atoms with Crippen LogP contribution in [0.15, 0.2) is 23.1 Å². The molecule has 2 aliphatic heterocycles. The molecule has 3 rings (SSSR count). The number of nitrogens with one attached hydrogen (secondary N) is 1. The summed E-state index contributed by atoms with van der Waals surface area (Å²) in [5.41, 5.74) is 0.447. The summed E-state index contributed by atoms with van der Waals surface area (Å²) in [7, 11) is -1.98. The molecule has 2 amide bonds. The van der Waals surface area contributed by atoms with Crippen molar-refractivity contribution in [3.8, 4) is 0 Å². The van der Waals surface area contributed by atoms with E-state index in [4.69, 9.17) is 0 Å². The zero-order valence-electron chi connectivity index (χ0n) is 15.1. The van der Waals surface area contributed by atoms with Crippen LogP contribution in [0, 0.1) is 0 Å². The van der Waals surface area contributed by atoms with E-state index >= 15 is 0 Å². The molecule has 1 aromatic carbocycles. The van der Waals surface area contributed by atoms with Crippen LogP contribution in [0.1, 0.15) is 47.4 Å². The van der Waals surface area contributed by atoms with Crippen LogP contribution in [0.3, 0.4) is 0 Å². The molecule has 0 aliphatic carbocycles. The second-order valence-electron chi connectivity index (χ2n) is 6.77. The van der Waals surface area contributed by atoms with Crippen molar-refractivity contribution in [3.63, 3.8) is 0 Å². The van der Waals surface area contributed by atoms with Gasteiger partial charge in [-0.3, -0.25) is 9.59 Å². The van der Waals surface area contributed by atoms with Gasteiger partial charge in [-0.25, -0.2) is 12.7 Å². The van der Waals surface area contributed by atoms with Crippen LogP contribution in [0.4, 0.5) is 0 Å². The van der Waals surface area contributed by atoms with E-state index in [2.05, 4.69) is 5.32 Å². The maximum absolute atomic E-state index is 12.7. The highest BCUT2D eigenvalue weighted by Gasteiger charge is 2.43. The average Bonchev–Trinajstić information content (AvgIpc) is 2.80. The summed E-state index contributed by atoms with van der Waals surface area (Å²) >= 11 is 0. The van der Waals surface area contributed by atoms with Gasteiger partial charge in [-0.15, -0.1) is 12.4 Å². The lowest BCUT2D eigenvalue weighted by molar-refractivity contribution is 0.0706. The van der Waals surface area contributed by atoms with Crippen molar-refractivity contribution < 1.29 is 18.0 Å². The van der Waals surface area contributed by atoms with E-state index in [1.165, 1.54) is 12.1 Å². The number of piperidine rings is 1. The molecule has 1 fully saturated rings. The highest BCUT2D eigenvalue weighted by Crippen LogP contribution is 2.33. The van der Waals surface area contributed by atoms with Gasteiger partial charge in [0.1, 0.15) is 4.90 Å². The number of rotatable bonds is 3. The fourth-order valence-corrected chi connectivity index (χ4v) is 5.24. The predicted molar refractivity (Wildman–Crippen MR) is 100 cm³/mol. The SMILES string of the molecule is CNC1CCN(C(=O)c2ccc3c(c2)S(=O)(=O)N(C(C)C)C3=O)CC1.Cl. The number of amides is 2. The Labute approximate surface area is 160 Å². The second-order valence-corrected chi connectivity index (χ2v) is 8.55. The van der Waals surface area contributed by atoms with Crippen molar-refractivity contribution in [2.24, 2.45) is 0 Å². The molecular weight excluding hydrogens is 378 g/mol. The number of hydrogen-bond donors (Lipinski definition) is 1. The van der Waals surface area contributed by atoms with Gasteiger partial charge in [0.2, 0.25) is 0 Å². The van der Waals surface area contributed by atoms with Crippen molar-refractivity contribution >= 4 is 34.2 Å².